The number of phenols is 1. The lowest BCUT2D eigenvalue weighted by molar-refractivity contribution is 0.0952. The molecule has 28 heavy (non-hydrogen) atoms. The Labute approximate surface area is 166 Å². The van der Waals surface area contributed by atoms with Crippen LogP contribution in [0.2, 0.25) is 0 Å². The number of rotatable bonds is 5. The van der Waals surface area contributed by atoms with Crippen LogP contribution in [-0.4, -0.2) is 29.3 Å². The highest BCUT2D eigenvalue weighted by Gasteiger charge is 2.30. The van der Waals surface area contributed by atoms with Crippen molar-refractivity contribution >= 4 is 23.4 Å². The third kappa shape index (κ3) is 3.93. The summed E-state index contributed by atoms with van der Waals surface area (Å²) in [6, 6.07) is 12.6. The second-order valence-electron chi connectivity index (χ2n) is 7.63. The van der Waals surface area contributed by atoms with Crippen LogP contribution in [0.15, 0.2) is 53.6 Å². The predicted molar refractivity (Wildman–Crippen MR) is 115 cm³/mol. The van der Waals surface area contributed by atoms with E-state index in [9.17, 15) is 9.90 Å². The van der Waals surface area contributed by atoms with Crippen LogP contribution in [0, 0.1) is 0 Å². The highest BCUT2D eigenvalue weighted by molar-refractivity contribution is 5.97. The molecule has 1 aliphatic heterocycles. The summed E-state index contributed by atoms with van der Waals surface area (Å²) >= 11 is 0. The van der Waals surface area contributed by atoms with Gasteiger partial charge in [-0.25, -0.2) is 5.43 Å². The molecule has 1 amide bonds. The molecule has 0 saturated heterocycles. The van der Waals surface area contributed by atoms with Crippen LogP contribution < -0.4 is 10.3 Å². The average molecular weight is 377 g/mol. The van der Waals surface area contributed by atoms with Crippen LogP contribution >= 0.6 is 0 Å². The van der Waals surface area contributed by atoms with Crippen molar-refractivity contribution in [2.45, 2.75) is 39.7 Å². The van der Waals surface area contributed by atoms with Gasteiger partial charge < -0.3 is 10.0 Å². The molecule has 2 aromatic rings. The van der Waals surface area contributed by atoms with Crippen LogP contribution in [0.1, 0.15) is 55.6 Å². The van der Waals surface area contributed by atoms with Crippen molar-refractivity contribution in [2.24, 2.45) is 5.10 Å². The van der Waals surface area contributed by atoms with Gasteiger partial charge in [-0.15, -0.1) is 0 Å². The normalized spacial score (nSPS) is 15.3. The largest absolute Gasteiger partial charge is 0.507 e. The summed E-state index contributed by atoms with van der Waals surface area (Å²) in [5.41, 5.74) is 7.19. The zero-order chi connectivity index (χ0) is 20.3. The summed E-state index contributed by atoms with van der Waals surface area (Å²) < 4.78 is 0. The van der Waals surface area contributed by atoms with Gasteiger partial charge in [-0.2, -0.15) is 5.10 Å². The van der Waals surface area contributed by atoms with Crippen LogP contribution in [0.4, 0.5) is 5.69 Å². The van der Waals surface area contributed by atoms with E-state index in [-0.39, 0.29) is 16.9 Å². The first-order chi connectivity index (χ1) is 13.3. The van der Waals surface area contributed by atoms with Gasteiger partial charge >= 0.3 is 0 Å². The quantitative estimate of drug-likeness (QED) is 0.593. The number of nitrogens with zero attached hydrogens (tertiary/aromatic N) is 2. The number of hydrogen-bond acceptors (Lipinski definition) is 4. The lowest BCUT2D eigenvalue weighted by Crippen LogP contribution is -2.45. The Hall–Kier alpha value is -3.08. The first kappa shape index (κ1) is 19.7. The molecule has 0 aromatic heterocycles. The van der Waals surface area contributed by atoms with E-state index in [4.69, 9.17) is 0 Å². The van der Waals surface area contributed by atoms with Crippen molar-refractivity contribution in [1.29, 1.82) is 0 Å². The molecule has 3 rings (SSSR count). The minimum absolute atomic E-state index is 0.0195. The van der Waals surface area contributed by atoms with E-state index in [1.165, 1.54) is 22.9 Å². The lowest BCUT2D eigenvalue weighted by atomic mass is 9.88. The molecular formula is C23H27N3O2. The molecule has 1 aliphatic rings. The standard InChI is InChI=1S/C23H27N3O2/c1-5-12-26-20-11-10-17(13-19(20)16(2)14-23(26,3)4)15-24-25-22(28)18-8-6-7-9-21(18)27/h6-11,13-15,27H,5,12H2,1-4H3,(H,25,28)/b24-15+. The van der Waals surface area contributed by atoms with Gasteiger partial charge in [-0.3, -0.25) is 4.79 Å². The van der Waals surface area contributed by atoms with Gasteiger partial charge in [0.2, 0.25) is 0 Å². The van der Waals surface area contributed by atoms with Crippen molar-refractivity contribution in [3.8, 4) is 5.75 Å². The highest BCUT2D eigenvalue weighted by Crippen LogP contribution is 2.39. The summed E-state index contributed by atoms with van der Waals surface area (Å²) in [4.78, 5) is 14.6. The molecule has 0 spiro atoms. The number of para-hydroxylation sites is 1. The van der Waals surface area contributed by atoms with E-state index in [2.05, 4.69) is 61.3 Å². The first-order valence-electron chi connectivity index (χ1n) is 9.56. The molecule has 146 valence electrons. The van der Waals surface area contributed by atoms with Gasteiger partial charge in [-0.1, -0.05) is 31.2 Å². The molecular weight excluding hydrogens is 350 g/mol. The fourth-order valence-corrected chi connectivity index (χ4v) is 3.70. The number of allylic oxidation sites excluding steroid dienone is 1. The van der Waals surface area contributed by atoms with Crippen molar-refractivity contribution in [3.63, 3.8) is 0 Å². The second-order valence-corrected chi connectivity index (χ2v) is 7.63. The smallest absolute Gasteiger partial charge is 0.275 e. The molecule has 0 atom stereocenters. The summed E-state index contributed by atoms with van der Waals surface area (Å²) in [6.45, 7) is 9.78. The van der Waals surface area contributed by atoms with Gasteiger partial charge in [0.25, 0.3) is 5.91 Å². The zero-order valence-corrected chi connectivity index (χ0v) is 16.9. The highest BCUT2D eigenvalue weighted by atomic mass is 16.3. The van der Waals surface area contributed by atoms with Crippen molar-refractivity contribution < 1.29 is 9.90 Å². The van der Waals surface area contributed by atoms with E-state index in [1.54, 1.807) is 24.4 Å². The van der Waals surface area contributed by atoms with Gasteiger partial charge in [0.15, 0.2) is 0 Å². The molecule has 0 unspecified atom stereocenters. The number of nitrogens with one attached hydrogen (secondary N) is 1. The number of carbonyl (C=O) groups is 1. The minimum atomic E-state index is -0.445. The molecule has 1 heterocycles. The number of hydrogen-bond donors (Lipinski definition) is 2. The molecule has 5 heteroatoms. The number of hydrazone groups is 1. The van der Waals surface area contributed by atoms with Crippen LogP contribution in [0.3, 0.4) is 0 Å². The Morgan fingerprint density at radius 1 is 1.25 bits per heavy atom. The zero-order valence-electron chi connectivity index (χ0n) is 16.9. The fraction of sp³-hybridized carbons (Fsp3) is 0.304. The molecule has 0 saturated carbocycles. The Bertz CT molecular complexity index is 945. The van der Waals surface area contributed by atoms with E-state index in [0.717, 1.165) is 18.5 Å². The fourth-order valence-electron chi connectivity index (χ4n) is 3.70. The Morgan fingerprint density at radius 2 is 2.00 bits per heavy atom. The molecule has 2 aromatic carbocycles. The van der Waals surface area contributed by atoms with E-state index < -0.39 is 5.91 Å². The molecule has 2 N–H and O–H groups in total. The minimum Gasteiger partial charge on any atom is -0.507 e. The van der Waals surface area contributed by atoms with Crippen LogP contribution in [0.5, 0.6) is 5.75 Å². The van der Waals surface area contributed by atoms with E-state index in [1.807, 2.05) is 6.07 Å². The number of aromatic hydroxyl groups is 1. The molecule has 5 nitrogen and oxygen atoms in total. The van der Waals surface area contributed by atoms with Crippen molar-refractivity contribution in [1.82, 2.24) is 5.43 Å². The topological polar surface area (TPSA) is 64.9 Å². The molecule has 0 radical (unpaired) electrons. The predicted octanol–water partition coefficient (Wildman–Crippen LogP) is 4.57. The lowest BCUT2D eigenvalue weighted by Gasteiger charge is -2.43. The third-order valence-corrected chi connectivity index (χ3v) is 4.98. The van der Waals surface area contributed by atoms with Gasteiger partial charge in [0, 0.05) is 17.8 Å². The van der Waals surface area contributed by atoms with Crippen molar-refractivity contribution in [2.75, 3.05) is 11.4 Å². The second kappa shape index (κ2) is 7.89. The van der Waals surface area contributed by atoms with Crippen LogP contribution in [-0.2, 0) is 0 Å². The third-order valence-electron chi connectivity index (χ3n) is 4.98. The number of benzene rings is 2. The Morgan fingerprint density at radius 3 is 2.71 bits per heavy atom. The van der Waals surface area contributed by atoms with Crippen molar-refractivity contribution in [3.05, 3.63) is 65.2 Å². The summed E-state index contributed by atoms with van der Waals surface area (Å²) in [7, 11) is 0. The van der Waals surface area contributed by atoms with E-state index in [0.29, 0.717) is 0 Å². The molecule has 0 aliphatic carbocycles. The summed E-state index contributed by atoms with van der Waals surface area (Å²) in [5, 5.41) is 13.8. The van der Waals surface area contributed by atoms with Gasteiger partial charge in [0.05, 0.1) is 17.3 Å². The summed E-state index contributed by atoms with van der Waals surface area (Å²) in [5.74, 6) is -0.511. The maximum atomic E-state index is 12.1. The molecule has 0 bridgehead atoms. The summed E-state index contributed by atoms with van der Waals surface area (Å²) in [6.07, 6.45) is 5.00. The Kier molecular flexibility index (Phi) is 5.54. The molecule has 0 fully saturated rings. The Balaban J connectivity index is 1.80. The maximum absolute atomic E-state index is 12.1. The maximum Gasteiger partial charge on any atom is 0.275 e. The first-order valence-corrected chi connectivity index (χ1v) is 9.56. The average Bonchev–Trinajstić information content (AvgIpc) is 2.65. The monoisotopic (exact) mass is 377 g/mol. The van der Waals surface area contributed by atoms with Gasteiger partial charge in [0.1, 0.15) is 5.75 Å². The number of anilines is 1. The number of fused-ring (bicyclic) bond motifs is 1. The number of phenolic OH excluding ortho intramolecular Hbond substituents is 1. The van der Waals surface area contributed by atoms with Gasteiger partial charge in [-0.05, 0) is 62.6 Å². The van der Waals surface area contributed by atoms with E-state index >= 15 is 0 Å². The SMILES string of the molecule is CCCN1c2ccc(/C=N/NC(=O)c3ccccc3O)cc2C(C)=CC1(C)C. The number of carbonyl (C=O) groups excluding carboxylic acids is 1. The number of amides is 1. The van der Waals surface area contributed by atoms with Crippen LogP contribution in [0.25, 0.3) is 5.57 Å².